The molecule has 1 fully saturated rings. The summed E-state index contributed by atoms with van der Waals surface area (Å²) in [4.78, 5) is 0. The first-order valence-electron chi connectivity index (χ1n) is 5.14. The molecule has 66 valence electrons. The predicted octanol–water partition coefficient (Wildman–Crippen LogP) is 3.29. The van der Waals surface area contributed by atoms with Crippen molar-refractivity contribution in [1.82, 2.24) is 0 Å². The van der Waals surface area contributed by atoms with Gasteiger partial charge in [-0.25, -0.2) is 0 Å². The van der Waals surface area contributed by atoms with Crippen molar-refractivity contribution in [3.05, 3.63) is 48.0 Å². The molecule has 13 heavy (non-hydrogen) atoms. The van der Waals surface area contributed by atoms with E-state index in [0.717, 1.165) is 5.92 Å². The van der Waals surface area contributed by atoms with E-state index in [1.807, 2.05) is 0 Å². The van der Waals surface area contributed by atoms with Gasteiger partial charge in [0.2, 0.25) is 0 Å². The molecule has 2 aliphatic rings. The summed E-state index contributed by atoms with van der Waals surface area (Å²) in [5.41, 5.74) is 1.94. The largest absolute Gasteiger partial charge is 0.0845 e. The first kappa shape index (κ1) is 7.37. The summed E-state index contributed by atoms with van der Waals surface area (Å²) in [6.45, 7) is 0. The van der Waals surface area contributed by atoms with Gasteiger partial charge in [-0.05, 0) is 30.7 Å². The Morgan fingerprint density at radius 1 is 1.15 bits per heavy atom. The molecule has 0 unspecified atom stereocenters. The van der Waals surface area contributed by atoms with Gasteiger partial charge in [-0.1, -0.05) is 42.5 Å². The molecule has 0 radical (unpaired) electrons. The highest BCUT2D eigenvalue weighted by molar-refractivity contribution is 5.36. The van der Waals surface area contributed by atoms with Crippen LogP contribution in [0.5, 0.6) is 0 Å². The van der Waals surface area contributed by atoms with Gasteiger partial charge in [0, 0.05) is 5.41 Å². The van der Waals surface area contributed by atoms with Crippen molar-refractivity contribution >= 4 is 0 Å². The van der Waals surface area contributed by atoms with Crippen LogP contribution in [0.15, 0.2) is 42.5 Å². The molecule has 3 rings (SSSR count). The van der Waals surface area contributed by atoms with Crippen LogP contribution < -0.4 is 0 Å². The third kappa shape index (κ3) is 0.980. The number of fused-ring (bicyclic) bond motifs is 2. The second-order valence-corrected chi connectivity index (χ2v) is 4.38. The quantitative estimate of drug-likeness (QED) is 0.567. The highest BCUT2D eigenvalue weighted by atomic mass is 14.4. The minimum Gasteiger partial charge on any atom is -0.0845 e. The van der Waals surface area contributed by atoms with Crippen molar-refractivity contribution in [3.8, 4) is 0 Å². The molecule has 2 bridgehead atoms. The van der Waals surface area contributed by atoms with Crippen LogP contribution in [0.25, 0.3) is 0 Å². The molecular weight excluding hydrogens is 156 g/mol. The average Bonchev–Trinajstić information content (AvgIpc) is 2.80. The Bertz CT molecular complexity index is 336. The number of hydrogen-bond donors (Lipinski definition) is 0. The highest BCUT2D eigenvalue weighted by Crippen LogP contribution is 2.50. The van der Waals surface area contributed by atoms with Crippen LogP contribution in [0, 0.1) is 5.92 Å². The molecule has 0 spiro atoms. The Labute approximate surface area is 79.3 Å². The van der Waals surface area contributed by atoms with Gasteiger partial charge >= 0.3 is 0 Å². The van der Waals surface area contributed by atoms with Crippen molar-refractivity contribution < 1.29 is 0 Å². The Balaban J connectivity index is 2.06. The summed E-state index contributed by atoms with van der Waals surface area (Å²) in [5, 5.41) is 0. The van der Waals surface area contributed by atoms with Crippen molar-refractivity contribution in [2.24, 2.45) is 5.92 Å². The fourth-order valence-electron chi connectivity index (χ4n) is 2.88. The monoisotopic (exact) mass is 170 g/mol. The van der Waals surface area contributed by atoms with Crippen LogP contribution in [0.1, 0.15) is 24.8 Å². The van der Waals surface area contributed by atoms with Crippen molar-refractivity contribution in [1.29, 1.82) is 0 Å². The van der Waals surface area contributed by atoms with Gasteiger partial charge in [-0.2, -0.15) is 0 Å². The maximum Gasteiger partial charge on any atom is 0.0138 e. The summed E-state index contributed by atoms with van der Waals surface area (Å²) in [6, 6.07) is 11.0. The lowest BCUT2D eigenvalue weighted by Gasteiger charge is -2.23. The van der Waals surface area contributed by atoms with Gasteiger partial charge in [-0.15, -0.1) is 0 Å². The minimum atomic E-state index is 0.423. The number of hydrogen-bond acceptors (Lipinski definition) is 0. The van der Waals surface area contributed by atoms with E-state index in [0.29, 0.717) is 5.41 Å². The van der Waals surface area contributed by atoms with E-state index in [2.05, 4.69) is 42.5 Å². The maximum absolute atomic E-state index is 2.44. The predicted molar refractivity (Wildman–Crippen MR) is 54.6 cm³/mol. The van der Waals surface area contributed by atoms with Gasteiger partial charge in [-0.3, -0.25) is 0 Å². The Hall–Kier alpha value is -1.04. The van der Waals surface area contributed by atoms with E-state index < -0.39 is 0 Å². The Kier molecular flexibility index (Phi) is 1.40. The van der Waals surface area contributed by atoms with E-state index >= 15 is 0 Å². The third-order valence-electron chi connectivity index (χ3n) is 3.62. The van der Waals surface area contributed by atoms with Crippen LogP contribution in [-0.2, 0) is 5.41 Å². The summed E-state index contributed by atoms with van der Waals surface area (Å²) in [5.74, 6) is 0.875. The molecule has 2 atom stereocenters. The Morgan fingerprint density at radius 2 is 2.00 bits per heavy atom. The SMILES string of the molecule is C1=C[C@]2(c3ccccc3)CC[C@H]1C2. The molecule has 1 saturated carbocycles. The fourth-order valence-corrected chi connectivity index (χ4v) is 2.88. The van der Waals surface area contributed by atoms with Crippen LogP contribution in [-0.4, -0.2) is 0 Å². The van der Waals surface area contributed by atoms with Crippen LogP contribution in [0.4, 0.5) is 0 Å². The minimum absolute atomic E-state index is 0.423. The smallest absolute Gasteiger partial charge is 0.0138 e. The summed E-state index contributed by atoms with van der Waals surface area (Å²) < 4.78 is 0. The summed E-state index contributed by atoms with van der Waals surface area (Å²) in [7, 11) is 0. The van der Waals surface area contributed by atoms with Crippen molar-refractivity contribution in [2.75, 3.05) is 0 Å². The van der Waals surface area contributed by atoms with Gasteiger partial charge in [0.1, 0.15) is 0 Å². The van der Waals surface area contributed by atoms with Gasteiger partial charge < -0.3 is 0 Å². The zero-order valence-corrected chi connectivity index (χ0v) is 7.74. The molecule has 0 saturated heterocycles. The van der Waals surface area contributed by atoms with Crippen molar-refractivity contribution in [3.63, 3.8) is 0 Å². The van der Waals surface area contributed by atoms with Crippen LogP contribution in [0.3, 0.4) is 0 Å². The Morgan fingerprint density at radius 3 is 2.54 bits per heavy atom. The van der Waals surface area contributed by atoms with Crippen molar-refractivity contribution in [2.45, 2.75) is 24.7 Å². The molecule has 0 N–H and O–H groups in total. The van der Waals surface area contributed by atoms with E-state index in [4.69, 9.17) is 0 Å². The van der Waals surface area contributed by atoms with Gasteiger partial charge in [0.25, 0.3) is 0 Å². The summed E-state index contributed by atoms with van der Waals surface area (Å²) in [6.07, 6.45) is 8.97. The highest BCUT2D eigenvalue weighted by Gasteiger charge is 2.41. The lowest BCUT2D eigenvalue weighted by molar-refractivity contribution is 0.567. The van der Waals surface area contributed by atoms with Gasteiger partial charge in [0.05, 0.1) is 0 Å². The second-order valence-electron chi connectivity index (χ2n) is 4.38. The zero-order valence-electron chi connectivity index (χ0n) is 7.74. The molecule has 0 aromatic heterocycles. The van der Waals surface area contributed by atoms with Crippen LogP contribution >= 0.6 is 0 Å². The number of benzene rings is 1. The van der Waals surface area contributed by atoms with E-state index in [1.54, 1.807) is 0 Å². The average molecular weight is 170 g/mol. The molecule has 0 aliphatic heterocycles. The first-order chi connectivity index (χ1) is 6.39. The topological polar surface area (TPSA) is 0 Å². The molecule has 2 aliphatic carbocycles. The zero-order chi connectivity index (χ0) is 8.73. The van der Waals surface area contributed by atoms with E-state index in [9.17, 15) is 0 Å². The molecule has 0 heterocycles. The number of rotatable bonds is 1. The van der Waals surface area contributed by atoms with E-state index in [1.165, 1.54) is 24.8 Å². The summed E-state index contributed by atoms with van der Waals surface area (Å²) >= 11 is 0. The molecule has 0 heteroatoms. The van der Waals surface area contributed by atoms with E-state index in [-0.39, 0.29) is 0 Å². The maximum atomic E-state index is 2.44. The first-order valence-corrected chi connectivity index (χ1v) is 5.14. The third-order valence-corrected chi connectivity index (χ3v) is 3.62. The normalized spacial score (nSPS) is 35.5. The standard InChI is InChI=1S/C13H14/c1-2-4-12(5-3-1)13-8-6-11(10-13)7-9-13/h1-6,8,11H,7,9-10H2/t11-,13-/m0/s1. The van der Waals surface area contributed by atoms with Crippen LogP contribution in [0.2, 0.25) is 0 Å². The van der Waals surface area contributed by atoms with Gasteiger partial charge in [0.15, 0.2) is 0 Å². The lowest BCUT2D eigenvalue weighted by Crippen LogP contribution is -2.16. The molecule has 1 aromatic rings. The number of allylic oxidation sites excluding steroid dienone is 2. The second kappa shape index (κ2) is 2.47. The fraction of sp³-hybridized carbons (Fsp3) is 0.385. The lowest BCUT2D eigenvalue weighted by atomic mass is 9.80. The molecule has 0 amide bonds. The molecular formula is C13H14. The molecule has 0 nitrogen and oxygen atoms in total. The molecule has 1 aromatic carbocycles.